The molecule has 0 aromatic heterocycles. The highest BCUT2D eigenvalue weighted by molar-refractivity contribution is 7.99. The van der Waals surface area contributed by atoms with Gasteiger partial charge < -0.3 is 0 Å². The summed E-state index contributed by atoms with van der Waals surface area (Å²) in [5.74, 6) is -0.298. The summed E-state index contributed by atoms with van der Waals surface area (Å²) < 4.78 is 13.3. The molecule has 94 valence electrons. The molecule has 0 N–H and O–H groups in total. The van der Waals surface area contributed by atoms with Gasteiger partial charge in [-0.15, -0.1) is 0 Å². The molecule has 1 unspecified atom stereocenters. The largest absolute Gasteiger partial charge is 0.207 e. The van der Waals surface area contributed by atoms with Crippen LogP contribution < -0.4 is 0 Å². The molecule has 1 aliphatic heterocycles. The molecule has 1 aliphatic rings. The second-order valence-corrected chi connectivity index (χ2v) is 5.83. The molecule has 0 aliphatic carbocycles. The molecule has 2 aromatic carbocycles. The maximum Gasteiger partial charge on any atom is 0.123 e. The minimum absolute atomic E-state index is 0.107. The molecule has 19 heavy (non-hydrogen) atoms. The van der Waals surface area contributed by atoms with Crippen molar-refractivity contribution in [3.63, 3.8) is 0 Å². The summed E-state index contributed by atoms with van der Waals surface area (Å²) in [5.41, 5.74) is 3.24. The fourth-order valence-corrected chi connectivity index (χ4v) is 3.32. The van der Waals surface area contributed by atoms with E-state index in [1.165, 1.54) is 16.5 Å². The summed E-state index contributed by atoms with van der Waals surface area (Å²) in [6.45, 7) is 1.89. The minimum atomic E-state index is -0.190. The van der Waals surface area contributed by atoms with E-state index in [9.17, 15) is 4.39 Å². The number of halogens is 1. The van der Waals surface area contributed by atoms with Crippen LogP contribution in [-0.4, -0.2) is 0 Å². The Morgan fingerprint density at radius 2 is 1.84 bits per heavy atom. The van der Waals surface area contributed by atoms with Gasteiger partial charge in [-0.3, -0.25) is 0 Å². The smallest absolute Gasteiger partial charge is 0.123 e. The van der Waals surface area contributed by atoms with E-state index in [0.717, 1.165) is 22.4 Å². The van der Waals surface area contributed by atoms with Crippen molar-refractivity contribution in [3.05, 3.63) is 58.9 Å². The number of nitriles is 1. The summed E-state index contributed by atoms with van der Waals surface area (Å²) in [7, 11) is 0. The van der Waals surface area contributed by atoms with Crippen molar-refractivity contribution in [1.82, 2.24) is 0 Å². The quantitative estimate of drug-likeness (QED) is 0.649. The second-order valence-electron chi connectivity index (χ2n) is 4.75. The zero-order chi connectivity index (χ0) is 13.4. The van der Waals surface area contributed by atoms with E-state index in [1.807, 2.05) is 19.1 Å². The van der Waals surface area contributed by atoms with Gasteiger partial charge in [-0.25, -0.2) is 4.39 Å². The molecule has 0 saturated heterocycles. The molecule has 0 saturated carbocycles. The highest BCUT2D eigenvalue weighted by Crippen LogP contribution is 2.40. The third-order valence-electron chi connectivity index (χ3n) is 3.40. The van der Waals surface area contributed by atoms with E-state index in [4.69, 9.17) is 5.26 Å². The number of rotatable bonds is 1. The lowest BCUT2D eigenvalue weighted by molar-refractivity contribution is 0.624. The number of hydrogen-bond acceptors (Lipinski definition) is 2. The van der Waals surface area contributed by atoms with E-state index >= 15 is 0 Å². The first kappa shape index (κ1) is 12.3. The molecule has 0 amide bonds. The topological polar surface area (TPSA) is 23.8 Å². The van der Waals surface area contributed by atoms with Crippen LogP contribution in [-0.2, 0) is 6.42 Å². The van der Waals surface area contributed by atoms with Crippen LogP contribution >= 0.6 is 11.8 Å². The van der Waals surface area contributed by atoms with Gasteiger partial charge in [0.2, 0.25) is 0 Å². The van der Waals surface area contributed by atoms with E-state index in [1.54, 1.807) is 17.8 Å². The molecule has 3 rings (SSSR count). The molecule has 0 bridgehead atoms. The van der Waals surface area contributed by atoms with Crippen molar-refractivity contribution in [2.75, 3.05) is 0 Å². The Morgan fingerprint density at radius 3 is 2.58 bits per heavy atom. The molecular formula is C16H12FNS. The Labute approximate surface area is 116 Å². The van der Waals surface area contributed by atoms with Crippen LogP contribution in [0.4, 0.5) is 4.39 Å². The van der Waals surface area contributed by atoms with Crippen LogP contribution in [0.15, 0.2) is 46.2 Å². The van der Waals surface area contributed by atoms with Crippen molar-refractivity contribution < 1.29 is 4.39 Å². The van der Waals surface area contributed by atoms with Crippen LogP contribution in [0.1, 0.15) is 29.5 Å². The number of fused-ring (bicyclic) bond motifs is 2. The molecule has 1 atom stereocenters. The fourth-order valence-electron chi connectivity index (χ4n) is 2.29. The standard InChI is InChI=1S/C16H12FNS/c1-10(9-18)11-2-4-15-12(6-11)7-13-8-14(17)3-5-16(13)19-15/h2-6,8,10H,7H2,1H3. The van der Waals surface area contributed by atoms with Gasteiger partial charge >= 0.3 is 0 Å². The third-order valence-corrected chi connectivity index (χ3v) is 4.64. The first-order valence-corrected chi connectivity index (χ1v) is 6.98. The van der Waals surface area contributed by atoms with Crippen molar-refractivity contribution >= 4 is 11.8 Å². The van der Waals surface area contributed by atoms with Gasteiger partial charge in [0.25, 0.3) is 0 Å². The first-order valence-electron chi connectivity index (χ1n) is 6.16. The van der Waals surface area contributed by atoms with Gasteiger partial charge in [0.1, 0.15) is 5.82 Å². The van der Waals surface area contributed by atoms with Crippen LogP contribution in [0.2, 0.25) is 0 Å². The lowest BCUT2D eigenvalue weighted by Crippen LogP contribution is -2.02. The van der Waals surface area contributed by atoms with Gasteiger partial charge in [0, 0.05) is 9.79 Å². The first-order chi connectivity index (χ1) is 9.17. The van der Waals surface area contributed by atoms with Gasteiger partial charge in [-0.2, -0.15) is 5.26 Å². The summed E-state index contributed by atoms with van der Waals surface area (Å²) in [6.07, 6.45) is 0.738. The predicted molar refractivity (Wildman–Crippen MR) is 73.8 cm³/mol. The average molecular weight is 269 g/mol. The minimum Gasteiger partial charge on any atom is -0.207 e. The summed E-state index contributed by atoms with van der Waals surface area (Å²) in [6, 6.07) is 13.3. The molecule has 0 radical (unpaired) electrons. The second kappa shape index (κ2) is 4.71. The zero-order valence-electron chi connectivity index (χ0n) is 10.5. The van der Waals surface area contributed by atoms with Gasteiger partial charge in [0.05, 0.1) is 12.0 Å². The monoisotopic (exact) mass is 269 g/mol. The molecule has 1 nitrogen and oxygen atoms in total. The molecular weight excluding hydrogens is 257 g/mol. The number of nitrogens with zero attached hydrogens (tertiary/aromatic N) is 1. The normalized spacial score (nSPS) is 14.2. The van der Waals surface area contributed by atoms with Crippen LogP contribution in [0.3, 0.4) is 0 Å². The summed E-state index contributed by atoms with van der Waals surface area (Å²) >= 11 is 1.67. The Balaban J connectivity index is 2.01. The van der Waals surface area contributed by atoms with E-state index in [-0.39, 0.29) is 11.7 Å². The van der Waals surface area contributed by atoms with Crippen molar-refractivity contribution in [3.8, 4) is 6.07 Å². The van der Waals surface area contributed by atoms with Crippen molar-refractivity contribution in [2.45, 2.75) is 29.1 Å². The van der Waals surface area contributed by atoms with Crippen LogP contribution in [0.25, 0.3) is 0 Å². The SMILES string of the molecule is CC(C#N)c1ccc2c(c1)Cc1cc(F)ccc1S2. The third kappa shape index (κ3) is 2.24. The zero-order valence-corrected chi connectivity index (χ0v) is 11.3. The Kier molecular flexibility index (Phi) is 3.04. The summed E-state index contributed by atoms with van der Waals surface area (Å²) in [4.78, 5) is 2.32. The highest BCUT2D eigenvalue weighted by atomic mass is 32.2. The maximum absolute atomic E-state index is 13.3. The van der Waals surface area contributed by atoms with E-state index < -0.39 is 0 Å². The molecule has 1 heterocycles. The lowest BCUT2D eigenvalue weighted by Gasteiger charge is -2.20. The van der Waals surface area contributed by atoms with Gasteiger partial charge in [0.15, 0.2) is 0 Å². The van der Waals surface area contributed by atoms with Crippen LogP contribution in [0.5, 0.6) is 0 Å². The Morgan fingerprint density at radius 1 is 1.16 bits per heavy atom. The van der Waals surface area contributed by atoms with Crippen molar-refractivity contribution in [1.29, 1.82) is 5.26 Å². The molecule has 0 spiro atoms. The fraction of sp³-hybridized carbons (Fsp3) is 0.188. The molecule has 2 aromatic rings. The van der Waals surface area contributed by atoms with Crippen molar-refractivity contribution in [2.24, 2.45) is 0 Å². The Hall–Kier alpha value is -1.79. The van der Waals surface area contributed by atoms with Gasteiger partial charge in [-0.05, 0) is 54.3 Å². The highest BCUT2D eigenvalue weighted by Gasteiger charge is 2.17. The summed E-state index contributed by atoms with van der Waals surface area (Å²) in [5, 5.41) is 8.98. The number of benzene rings is 2. The van der Waals surface area contributed by atoms with Gasteiger partial charge in [-0.1, -0.05) is 23.9 Å². The molecule has 0 fully saturated rings. The predicted octanol–water partition coefficient (Wildman–Crippen LogP) is 4.51. The average Bonchev–Trinajstić information content (AvgIpc) is 2.43. The van der Waals surface area contributed by atoms with Crippen LogP contribution in [0, 0.1) is 17.1 Å². The maximum atomic E-state index is 13.3. The number of hydrogen-bond donors (Lipinski definition) is 0. The Bertz CT molecular complexity index is 688. The lowest BCUT2D eigenvalue weighted by atomic mass is 9.97. The van der Waals surface area contributed by atoms with E-state index in [0.29, 0.717) is 0 Å². The van der Waals surface area contributed by atoms with E-state index in [2.05, 4.69) is 18.2 Å². The molecule has 3 heteroatoms.